The quantitative estimate of drug-likeness (QED) is 0.794. The number of methoxy groups -OCH3 is 1. The zero-order chi connectivity index (χ0) is 20.5. The number of halogens is 1. The van der Waals surface area contributed by atoms with E-state index in [0.717, 1.165) is 31.5 Å². The molecule has 29 heavy (non-hydrogen) atoms. The van der Waals surface area contributed by atoms with Crippen molar-refractivity contribution in [1.29, 1.82) is 0 Å². The van der Waals surface area contributed by atoms with E-state index >= 15 is 0 Å². The molecule has 2 amide bonds. The molecule has 2 aromatic rings. The van der Waals surface area contributed by atoms with Gasteiger partial charge in [0.1, 0.15) is 5.69 Å². The van der Waals surface area contributed by atoms with Gasteiger partial charge < -0.3 is 14.5 Å². The Balaban J connectivity index is 1.52. The number of benzene rings is 1. The van der Waals surface area contributed by atoms with Gasteiger partial charge in [-0.15, -0.1) is 0 Å². The Morgan fingerprint density at radius 1 is 1.21 bits per heavy atom. The molecule has 1 unspecified atom stereocenters. The number of aryl methyl sites for hydroxylation is 1. The second-order valence-electron chi connectivity index (χ2n) is 7.70. The van der Waals surface area contributed by atoms with Crippen molar-refractivity contribution in [2.24, 2.45) is 0 Å². The molecule has 3 heterocycles. The molecule has 0 aliphatic carbocycles. The number of ether oxygens (including phenoxy) is 1. The Hall–Kier alpha value is -2.90. The molecule has 7 nitrogen and oxygen atoms in total. The second-order valence-corrected chi connectivity index (χ2v) is 7.70. The number of likely N-dealkylation sites (tertiary alicyclic amines) is 1. The Labute approximate surface area is 169 Å². The zero-order valence-electron chi connectivity index (χ0n) is 16.7. The van der Waals surface area contributed by atoms with Crippen LogP contribution in [0.5, 0.6) is 5.75 Å². The van der Waals surface area contributed by atoms with E-state index in [-0.39, 0.29) is 23.5 Å². The average Bonchev–Trinajstić information content (AvgIpc) is 3.11. The molecular weight excluding hydrogens is 375 g/mol. The lowest BCUT2D eigenvalue weighted by atomic mass is 9.94. The Morgan fingerprint density at radius 3 is 2.79 bits per heavy atom. The summed E-state index contributed by atoms with van der Waals surface area (Å²) in [5.74, 6) is -0.584. The van der Waals surface area contributed by atoms with Crippen molar-refractivity contribution in [3.8, 4) is 5.75 Å². The number of rotatable bonds is 3. The molecule has 0 radical (unpaired) electrons. The van der Waals surface area contributed by atoms with Crippen LogP contribution in [0.4, 0.5) is 4.39 Å². The van der Waals surface area contributed by atoms with Crippen LogP contribution in [0.25, 0.3) is 0 Å². The molecule has 1 saturated heterocycles. The van der Waals surface area contributed by atoms with Gasteiger partial charge in [0, 0.05) is 44.7 Å². The van der Waals surface area contributed by atoms with E-state index in [1.807, 2.05) is 6.07 Å². The summed E-state index contributed by atoms with van der Waals surface area (Å²) >= 11 is 0. The molecule has 1 aromatic heterocycles. The number of piperidine rings is 1. The average molecular weight is 400 g/mol. The summed E-state index contributed by atoms with van der Waals surface area (Å²) in [5.41, 5.74) is 1.77. The van der Waals surface area contributed by atoms with Crippen molar-refractivity contribution in [3.05, 3.63) is 47.0 Å². The molecule has 1 atom stereocenters. The van der Waals surface area contributed by atoms with Crippen LogP contribution >= 0.6 is 0 Å². The minimum Gasteiger partial charge on any atom is -0.494 e. The summed E-state index contributed by atoms with van der Waals surface area (Å²) in [4.78, 5) is 28.9. The van der Waals surface area contributed by atoms with Crippen LogP contribution in [0.1, 0.15) is 51.7 Å². The molecule has 0 saturated carbocycles. The number of aromatic nitrogens is 2. The van der Waals surface area contributed by atoms with Gasteiger partial charge in [-0.25, -0.2) is 4.39 Å². The summed E-state index contributed by atoms with van der Waals surface area (Å²) in [6.07, 6.45) is 2.61. The van der Waals surface area contributed by atoms with E-state index in [9.17, 15) is 14.0 Å². The van der Waals surface area contributed by atoms with E-state index in [0.29, 0.717) is 30.9 Å². The SMILES string of the molecule is COc1ccc(C(=O)N2CCCC(c3cc4n(n3)CCCN(C)C4=O)C2)cc1F. The number of fused-ring (bicyclic) bond motifs is 1. The Bertz CT molecular complexity index is 942. The highest BCUT2D eigenvalue weighted by Crippen LogP contribution is 2.29. The third-order valence-corrected chi connectivity index (χ3v) is 5.75. The summed E-state index contributed by atoms with van der Waals surface area (Å²) in [6, 6.07) is 6.15. The minimum absolute atomic E-state index is 0.0151. The molecule has 4 rings (SSSR count). The number of amides is 2. The minimum atomic E-state index is -0.549. The fourth-order valence-electron chi connectivity index (χ4n) is 4.12. The van der Waals surface area contributed by atoms with E-state index in [1.54, 1.807) is 27.6 Å². The monoisotopic (exact) mass is 400 g/mol. The van der Waals surface area contributed by atoms with Gasteiger partial charge in [-0.1, -0.05) is 0 Å². The van der Waals surface area contributed by atoms with Gasteiger partial charge in [0.15, 0.2) is 11.6 Å². The molecule has 2 aliphatic rings. The first-order valence-corrected chi connectivity index (χ1v) is 9.94. The van der Waals surface area contributed by atoms with Crippen LogP contribution in [-0.4, -0.2) is 65.2 Å². The van der Waals surface area contributed by atoms with Gasteiger partial charge in [-0.2, -0.15) is 5.10 Å². The molecule has 0 spiro atoms. The first kappa shape index (κ1) is 19.4. The molecule has 8 heteroatoms. The van der Waals surface area contributed by atoms with Crippen molar-refractivity contribution < 1.29 is 18.7 Å². The summed E-state index contributed by atoms with van der Waals surface area (Å²) < 4.78 is 20.7. The van der Waals surface area contributed by atoms with E-state index < -0.39 is 5.82 Å². The van der Waals surface area contributed by atoms with Gasteiger partial charge in [-0.3, -0.25) is 14.3 Å². The Kier molecular flexibility index (Phi) is 5.25. The van der Waals surface area contributed by atoms with Gasteiger partial charge in [-0.05, 0) is 43.5 Å². The molecule has 1 aromatic carbocycles. The fourth-order valence-corrected chi connectivity index (χ4v) is 4.12. The van der Waals surface area contributed by atoms with Gasteiger partial charge in [0.2, 0.25) is 0 Å². The second kappa shape index (κ2) is 7.85. The topological polar surface area (TPSA) is 67.7 Å². The van der Waals surface area contributed by atoms with Gasteiger partial charge in [0.25, 0.3) is 11.8 Å². The van der Waals surface area contributed by atoms with Gasteiger partial charge >= 0.3 is 0 Å². The summed E-state index contributed by atoms with van der Waals surface area (Å²) in [5, 5.41) is 4.68. The number of hydrogen-bond donors (Lipinski definition) is 0. The van der Waals surface area contributed by atoms with Crippen molar-refractivity contribution in [3.63, 3.8) is 0 Å². The van der Waals surface area contributed by atoms with Crippen molar-refractivity contribution in [2.75, 3.05) is 33.8 Å². The number of hydrogen-bond acceptors (Lipinski definition) is 4. The maximum absolute atomic E-state index is 14.0. The normalized spacial score (nSPS) is 19.7. The van der Waals surface area contributed by atoms with E-state index in [1.165, 1.54) is 19.2 Å². The smallest absolute Gasteiger partial charge is 0.271 e. The molecule has 0 bridgehead atoms. The van der Waals surface area contributed by atoms with Gasteiger partial charge in [0.05, 0.1) is 12.8 Å². The third-order valence-electron chi connectivity index (χ3n) is 5.75. The Morgan fingerprint density at radius 2 is 2.03 bits per heavy atom. The van der Waals surface area contributed by atoms with Crippen LogP contribution in [0, 0.1) is 5.82 Å². The lowest BCUT2D eigenvalue weighted by molar-refractivity contribution is 0.0704. The highest BCUT2D eigenvalue weighted by Gasteiger charge is 2.30. The summed E-state index contributed by atoms with van der Waals surface area (Å²) in [6.45, 7) is 2.57. The molecule has 154 valence electrons. The number of nitrogens with zero attached hydrogens (tertiary/aromatic N) is 4. The maximum atomic E-state index is 14.0. The van der Waals surface area contributed by atoms with E-state index in [2.05, 4.69) is 5.10 Å². The van der Waals surface area contributed by atoms with Crippen LogP contribution < -0.4 is 4.74 Å². The van der Waals surface area contributed by atoms with Crippen molar-refractivity contribution in [2.45, 2.75) is 31.7 Å². The largest absolute Gasteiger partial charge is 0.494 e. The predicted molar refractivity (Wildman–Crippen MR) is 105 cm³/mol. The molecule has 0 N–H and O–H groups in total. The summed E-state index contributed by atoms with van der Waals surface area (Å²) in [7, 11) is 3.20. The van der Waals surface area contributed by atoms with E-state index in [4.69, 9.17) is 4.74 Å². The highest BCUT2D eigenvalue weighted by molar-refractivity contribution is 5.94. The lowest BCUT2D eigenvalue weighted by Gasteiger charge is -2.32. The number of carbonyl (C=O) groups excluding carboxylic acids is 2. The van der Waals surface area contributed by atoms with Crippen LogP contribution in [0.15, 0.2) is 24.3 Å². The maximum Gasteiger partial charge on any atom is 0.271 e. The molecule has 2 aliphatic heterocycles. The van der Waals surface area contributed by atoms with Crippen LogP contribution in [-0.2, 0) is 6.54 Å². The van der Waals surface area contributed by atoms with Crippen molar-refractivity contribution >= 4 is 11.8 Å². The predicted octanol–water partition coefficient (Wildman–Crippen LogP) is 2.53. The highest BCUT2D eigenvalue weighted by atomic mass is 19.1. The standard InChI is InChI=1S/C21H25FN4O3/c1-24-8-4-10-26-18(21(24)28)12-17(23-26)15-5-3-9-25(13-15)20(27)14-6-7-19(29-2)16(22)11-14/h6-7,11-12,15H,3-5,8-10,13H2,1-2H3. The zero-order valence-corrected chi connectivity index (χ0v) is 16.7. The molecule has 1 fully saturated rings. The molecular formula is C21H25FN4O3. The number of carbonyl (C=O) groups is 2. The third kappa shape index (κ3) is 3.71. The van der Waals surface area contributed by atoms with Crippen LogP contribution in [0.2, 0.25) is 0 Å². The fraction of sp³-hybridized carbons (Fsp3) is 0.476. The van der Waals surface area contributed by atoms with Crippen molar-refractivity contribution in [1.82, 2.24) is 19.6 Å². The van der Waals surface area contributed by atoms with Crippen LogP contribution in [0.3, 0.4) is 0 Å². The lowest BCUT2D eigenvalue weighted by Crippen LogP contribution is -2.39. The first-order chi connectivity index (χ1) is 14.0. The first-order valence-electron chi connectivity index (χ1n) is 9.94.